The molecule has 0 radical (unpaired) electrons. The van der Waals surface area contributed by atoms with Crippen LogP contribution in [0.15, 0.2) is 73.3 Å². The predicted molar refractivity (Wildman–Crippen MR) is 133 cm³/mol. The van der Waals surface area contributed by atoms with Gasteiger partial charge in [-0.05, 0) is 53.6 Å². The van der Waals surface area contributed by atoms with Crippen LogP contribution in [0.1, 0.15) is 34.0 Å². The van der Waals surface area contributed by atoms with Crippen LogP contribution in [0.2, 0.25) is 5.15 Å². The van der Waals surface area contributed by atoms with Crippen molar-refractivity contribution in [2.75, 3.05) is 5.32 Å². The summed E-state index contributed by atoms with van der Waals surface area (Å²) in [6.45, 7) is 4.62. The molecule has 1 aliphatic rings. The molecule has 174 valence electrons. The number of rotatable bonds is 5. The zero-order valence-electron chi connectivity index (χ0n) is 19.2. The number of nitrogens with zero attached hydrogens (tertiary/aromatic N) is 8. The first kappa shape index (κ1) is 21.3. The zero-order chi connectivity index (χ0) is 23.9. The fourth-order valence-electron chi connectivity index (χ4n) is 4.33. The molecule has 35 heavy (non-hydrogen) atoms. The van der Waals surface area contributed by atoms with Crippen LogP contribution in [0.3, 0.4) is 0 Å². The lowest BCUT2D eigenvalue weighted by Gasteiger charge is -2.23. The van der Waals surface area contributed by atoms with Gasteiger partial charge < -0.3 is 9.88 Å². The zero-order valence-corrected chi connectivity index (χ0v) is 19.9. The highest BCUT2D eigenvalue weighted by atomic mass is 35.5. The summed E-state index contributed by atoms with van der Waals surface area (Å²) in [6.07, 6.45) is 7.53. The Bertz CT molecular complexity index is 1510. The van der Waals surface area contributed by atoms with E-state index in [0.717, 1.165) is 33.8 Å². The second-order valence-electron chi connectivity index (χ2n) is 8.55. The Morgan fingerprint density at radius 1 is 1.03 bits per heavy atom. The van der Waals surface area contributed by atoms with Gasteiger partial charge in [-0.25, -0.2) is 9.67 Å². The number of fused-ring (bicyclic) bond motifs is 1. The van der Waals surface area contributed by atoms with Gasteiger partial charge in [-0.1, -0.05) is 58.7 Å². The Balaban J connectivity index is 1.37. The average Bonchev–Trinajstić information content (AvgIpc) is 3.62. The molecule has 1 atom stereocenters. The van der Waals surface area contributed by atoms with Crippen molar-refractivity contribution >= 4 is 23.2 Å². The number of imidazole rings is 1. The van der Waals surface area contributed by atoms with Crippen LogP contribution in [-0.2, 0) is 6.54 Å². The molecule has 5 aromatic rings. The van der Waals surface area contributed by atoms with Gasteiger partial charge in [0.15, 0.2) is 0 Å². The molecule has 9 nitrogen and oxygen atoms in total. The van der Waals surface area contributed by atoms with Crippen molar-refractivity contribution in [1.82, 2.24) is 39.5 Å². The number of halogens is 1. The predicted octanol–water partition coefficient (Wildman–Crippen LogP) is 4.43. The monoisotopic (exact) mass is 483 g/mol. The van der Waals surface area contributed by atoms with Crippen molar-refractivity contribution < 1.29 is 0 Å². The van der Waals surface area contributed by atoms with Crippen LogP contribution < -0.4 is 5.32 Å². The molecule has 1 N–H and O–H groups in total. The number of hydrogen-bond donors (Lipinski definition) is 1. The van der Waals surface area contributed by atoms with Crippen molar-refractivity contribution in [3.05, 3.63) is 106 Å². The summed E-state index contributed by atoms with van der Waals surface area (Å²) < 4.78 is 5.52. The van der Waals surface area contributed by atoms with Crippen molar-refractivity contribution in [2.24, 2.45) is 0 Å². The van der Waals surface area contributed by atoms with Crippen LogP contribution >= 0.6 is 11.6 Å². The Hall–Kier alpha value is -4.24. The van der Waals surface area contributed by atoms with Crippen LogP contribution in [0.5, 0.6) is 0 Å². The van der Waals surface area contributed by atoms with Crippen molar-refractivity contribution in [3.63, 3.8) is 0 Å². The molecule has 2 aromatic carbocycles. The van der Waals surface area contributed by atoms with Gasteiger partial charge in [-0.2, -0.15) is 9.78 Å². The average molecular weight is 484 g/mol. The minimum absolute atomic E-state index is 0.302. The van der Waals surface area contributed by atoms with E-state index in [9.17, 15) is 0 Å². The SMILES string of the molecule is Cc1ccc(Cn2nc(C)c([C@@H]3C=C(c4ccc(-n5ccnc5)cc4)Nc4nnnn43)c2Cl)cc1. The first-order valence-electron chi connectivity index (χ1n) is 11.2. The van der Waals surface area contributed by atoms with Gasteiger partial charge in [-0.15, -0.1) is 0 Å². The highest BCUT2D eigenvalue weighted by Crippen LogP contribution is 2.36. The van der Waals surface area contributed by atoms with Gasteiger partial charge >= 0.3 is 0 Å². The molecule has 0 saturated heterocycles. The summed E-state index contributed by atoms with van der Waals surface area (Å²) in [5.74, 6) is 0.549. The van der Waals surface area contributed by atoms with Gasteiger partial charge in [0.25, 0.3) is 0 Å². The first-order valence-corrected chi connectivity index (χ1v) is 11.6. The largest absolute Gasteiger partial charge is 0.323 e. The third-order valence-corrected chi connectivity index (χ3v) is 6.56. The fraction of sp³-hybridized carbons (Fsp3) is 0.160. The molecule has 0 bridgehead atoms. The van der Waals surface area contributed by atoms with E-state index >= 15 is 0 Å². The lowest BCUT2D eigenvalue weighted by molar-refractivity contribution is 0.583. The maximum atomic E-state index is 6.91. The second kappa shape index (κ2) is 8.52. The number of nitrogens with one attached hydrogen (secondary N) is 1. The van der Waals surface area contributed by atoms with Crippen molar-refractivity contribution in [2.45, 2.75) is 26.4 Å². The lowest BCUT2D eigenvalue weighted by atomic mass is 10.0. The molecule has 4 heterocycles. The molecule has 0 amide bonds. The molecular formula is C25H22ClN9. The highest BCUT2D eigenvalue weighted by molar-refractivity contribution is 6.30. The van der Waals surface area contributed by atoms with E-state index in [4.69, 9.17) is 16.7 Å². The molecule has 1 aliphatic heterocycles. The number of tetrazole rings is 1. The minimum Gasteiger partial charge on any atom is -0.323 e. The second-order valence-corrected chi connectivity index (χ2v) is 8.91. The van der Waals surface area contributed by atoms with Gasteiger partial charge in [-0.3, -0.25) is 0 Å². The van der Waals surface area contributed by atoms with E-state index in [-0.39, 0.29) is 6.04 Å². The molecule has 0 spiro atoms. The standard InChI is InChI=1S/C25H22ClN9/c1-16-3-5-18(6-4-16)14-34-24(26)23(17(2)30-34)22-13-21(28-25-29-31-32-35(22)25)19-7-9-20(10-8-19)33-12-11-27-15-33/h3-13,15,22H,14H2,1-2H3,(H,28,29,32)/t22-/m0/s1. The van der Waals surface area contributed by atoms with E-state index in [1.54, 1.807) is 17.2 Å². The summed E-state index contributed by atoms with van der Waals surface area (Å²) in [6, 6.07) is 16.3. The van der Waals surface area contributed by atoms with Crippen LogP contribution in [0, 0.1) is 13.8 Å². The first-order chi connectivity index (χ1) is 17.1. The molecule has 3 aromatic heterocycles. The molecule has 0 saturated carbocycles. The number of benzene rings is 2. The lowest BCUT2D eigenvalue weighted by Crippen LogP contribution is -2.21. The molecule has 6 rings (SSSR count). The number of allylic oxidation sites excluding steroid dienone is 1. The molecule has 0 fully saturated rings. The number of aryl methyl sites for hydroxylation is 2. The Morgan fingerprint density at radius 3 is 2.57 bits per heavy atom. The van der Waals surface area contributed by atoms with Gasteiger partial charge in [0.2, 0.25) is 5.95 Å². The van der Waals surface area contributed by atoms with Crippen molar-refractivity contribution in [1.29, 1.82) is 0 Å². The van der Waals surface area contributed by atoms with Gasteiger partial charge in [0.1, 0.15) is 11.2 Å². The number of anilines is 1. The molecular weight excluding hydrogens is 462 g/mol. The van der Waals surface area contributed by atoms with Crippen molar-refractivity contribution in [3.8, 4) is 5.69 Å². The van der Waals surface area contributed by atoms with E-state index in [2.05, 4.69) is 75.2 Å². The third-order valence-electron chi connectivity index (χ3n) is 6.17. The van der Waals surface area contributed by atoms with Gasteiger partial charge in [0.05, 0.1) is 18.6 Å². The number of aromatic nitrogens is 8. The fourth-order valence-corrected chi connectivity index (χ4v) is 4.67. The maximum Gasteiger partial charge on any atom is 0.248 e. The maximum absolute atomic E-state index is 6.91. The summed E-state index contributed by atoms with van der Waals surface area (Å²) in [5, 5.41) is 20.9. The minimum atomic E-state index is -0.302. The van der Waals surface area contributed by atoms with Crippen LogP contribution in [0.4, 0.5) is 5.95 Å². The smallest absolute Gasteiger partial charge is 0.248 e. The van der Waals surface area contributed by atoms with Gasteiger partial charge in [0, 0.05) is 29.3 Å². The van der Waals surface area contributed by atoms with E-state index < -0.39 is 0 Å². The summed E-state index contributed by atoms with van der Waals surface area (Å²) in [4.78, 5) is 4.12. The Kier molecular flexibility index (Phi) is 5.18. The highest BCUT2D eigenvalue weighted by Gasteiger charge is 2.30. The topological polar surface area (TPSA) is 91.3 Å². The van der Waals surface area contributed by atoms with Crippen LogP contribution in [0.25, 0.3) is 11.4 Å². The Morgan fingerprint density at radius 2 is 1.83 bits per heavy atom. The number of hydrogen-bond acceptors (Lipinski definition) is 6. The quantitative estimate of drug-likeness (QED) is 0.397. The summed E-state index contributed by atoms with van der Waals surface area (Å²) in [5.41, 5.74) is 7.00. The molecule has 0 unspecified atom stereocenters. The van der Waals surface area contributed by atoms with Crippen LogP contribution in [-0.4, -0.2) is 39.5 Å². The van der Waals surface area contributed by atoms with E-state index in [1.807, 2.05) is 34.5 Å². The van der Waals surface area contributed by atoms with E-state index in [1.165, 1.54) is 5.56 Å². The summed E-state index contributed by atoms with van der Waals surface area (Å²) >= 11 is 6.91. The third kappa shape index (κ3) is 3.89. The molecule has 10 heteroatoms. The summed E-state index contributed by atoms with van der Waals surface area (Å²) in [7, 11) is 0. The Labute approximate surface area is 206 Å². The molecule has 0 aliphatic carbocycles. The normalized spacial score (nSPS) is 14.9. The van der Waals surface area contributed by atoms with E-state index in [0.29, 0.717) is 17.6 Å².